The number of aromatic nitrogens is 2. The van der Waals surface area contributed by atoms with Crippen molar-refractivity contribution in [2.75, 3.05) is 13.6 Å². The predicted molar refractivity (Wildman–Crippen MR) is 81.8 cm³/mol. The van der Waals surface area contributed by atoms with Crippen LogP contribution in [0.25, 0.3) is 5.69 Å². The highest BCUT2D eigenvalue weighted by Gasteiger charge is 2.15. The Labute approximate surface area is 128 Å². The molecule has 1 aromatic carbocycles. The van der Waals surface area contributed by atoms with Crippen molar-refractivity contribution in [3.63, 3.8) is 0 Å². The maximum absolute atomic E-state index is 12.2. The summed E-state index contributed by atoms with van der Waals surface area (Å²) in [5.41, 5.74) is 1.16. The summed E-state index contributed by atoms with van der Waals surface area (Å²) in [7, 11) is 1.70. The molecule has 0 radical (unpaired) electrons. The number of hydrogen-bond acceptors (Lipinski definition) is 3. The maximum atomic E-state index is 12.2. The van der Waals surface area contributed by atoms with E-state index in [-0.39, 0.29) is 5.91 Å². The van der Waals surface area contributed by atoms with E-state index in [9.17, 15) is 9.90 Å². The molecule has 5 nitrogen and oxygen atoms in total. The van der Waals surface area contributed by atoms with E-state index in [0.717, 1.165) is 5.69 Å². The van der Waals surface area contributed by atoms with Crippen LogP contribution in [-0.2, 0) is 0 Å². The lowest BCUT2D eigenvalue weighted by atomic mass is 10.2. The van der Waals surface area contributed by atoms with E-state index in [2.05, 4.69) is 5.10 Å². The lowest BCUT2D eigenvalue weighted by molar-refractivity contribution is 0.0763. The van der Waals surface area contributed by atoms with Gasteiger partial charge >= 0.3 is 0 Å². The second kappa shape index (κ2) is 6.74. The van der Waals surface area contributed by atoms with Gasteiger partial charge in [0, 0.05) is 24.8 Å². The molecular formula is C15H18ClN3O2. The molecule has 0 aliphatic carbocycles. The molecule has 0 spiro atoms. The molecule has 1 N–H and O–H groups in total. The van der Waals surface area contributed by atoms with Crippen molar-refractivity contribution in [3.05, 3.63) is 47.2 Å². The molecule has 1 heterocycles. The van der Waals surface area contributed by atoms with Crippen molar-refractivity contribution in [2.24, 2.45) is 0 Å². The summed E-state index contributed by atoms with van der Waals surface area (Å²) in [6, 6.07) is 8.92. The largest absolute Gasteiger partial charge is 0.393 e. The van der Waals surface area contributed by atoms with Gasteiger partial charge in [0.05, 0.1) is 11.8 Å². The molecule has 1 atom stereocenters. The molecule has 1 aromatic heterocycles. The maximum Gasteiger partial charge on any atom is 0.274 e. The number of rotatable bonds is 5. The SMILES string of the molecule is CC(O)CCN(C)C(=O)c1ccn(-c2cccc(Cl)c2)n1. The van der Waals surface area contributed by atoms with Crippen LogP contribution in [0, 0.1) is 0 Å². The second-order valence-corrected chi connectivity index (χ2v) is 5.43. The second-order valence-electron chi connectivity index (χ2n) is 4.99. The number of hydrogen-bond donors (Lipinski definition) is 1. The lowest BCUT2D eigenvalue weighted by Gasteiger charge is -2.16. The van der Waals surface area contributed by atoms with Gasteiger partial charge in [-0.05, 0) is 37.6 Å². The number of halogens is 1. The average Bonchev–Trinajstić information content (AvgIpc) is 2.93. The third-order valence-corrected chi connectivity index (χ3v) is 3.35. The third kappa shape index (κ3) is 4.06. The lowest BCUT2D eigenvalue weighted by Crippen LogP contribution is -2.29. The Balaban J connectivity index is 2.10. The molecule has 112 valence electrons. The number of carbonyl (C=O) groups is 1. The average molecular weight is 308 g/mol. The Bertz CT molecular complexity index is 625. The Morgan fingerprint density at radius 2 is 2.24 bits per heavy atom. The van der Waals surface area contributed by atoms with E-state index in [1.807, 2.05) is 12.1 Å². The first kappa shape index (κ1) is 15.5. The first-order chi connectivity index (χ1) is 9.97. The van der Waals surface area contributed by atoms with Crippen LogP contribution in [0.2, 0.25) is 5.02 Å². The summed E-state index contributed by atoms with van der Waals surface area (Å²) < 4.78 is 1.61. The normalized spacial score (nSPS) is 12.2. The van der Waals surface area contributed by atoms with Crippen LogP contribution in [0.15, 0.2) is 36.5 Å². The van der Waals surface area contributed by atoms with Crippen LogP contribution in [0.1, 0.15) is 23.8 Å². The minimum absolute atomic E-state index is 0.170. The van der Waals surface area contributed by atoms with Crippen LogP contribution >= 0.6 is 11.6 Å². The van der Waals surface area contributed by atoms with Crippen LogP contribution < -0.4 is 0 Å². The van der Waals surface area contributed by atoms with Crippen LogP contribution in [0.5, 0.6) is 0 Å². The van der Waals surface area contributed by atoms with Gasteiger partial charge in [0.2, 0.25) is 0 Å². The quantitative estimate of drug-likeness (QED) is 0.922. The first-order valence-corrected chi connectivity index (χ1v) is 7.10. The van der Waals surface area contributed by atoms with Gasteiger partial charge in [-0.25, -0.2) is 4.68 Å². The van der Waals surface area contributed by atoms with E-state index in [0.29, 0.717) is 23.7 Å². The fourth-order valence-corrected chi connectivity index (χ4v) is 2.06. The molecule has 2 rings (SSSR count). The van der Waals surface area contributed by atoms with Crippen LogP contribution in [0.3, 0.4) is 0 Å². The fraction of sp³-hybridized carbons (Fsp3) is 0.333. The minimum atomic E-state index is -0.427. The molecule has 0 saturated heterocycles. The van der Waals surface area contributed by atoms with Gasteiger partial charge in [0.15, 0.2) is 5.69 Å². The van der Waals surface area contributed by atoms with Gasteiger partial charge in [-0.15, -0.1) is 0 Å². The van der Waals surface area contributed by atoms with E-state index < -0.39 is 6.10 Å². The van der Waals surface area contributed by atoms with Crippen molar-refractivity contribution in [2.45, 2.75) is 19.4 Å². The van der Waals surface area contributed by atoms with Gasteiger partial charge in [0.1, 0.15) is 0 Å². The minimum Gasteiger partial charge on any atom is -0.393 e. The molecular weight excluding hydrogens is 290 g/mol. The molecule has 1 amide bonds. The van der Waals surface area contributed by atoms with Crippen molar-refractivity contribution < 1.29 is 9.90 Å². The van der Waals surface area contributed by atoms with Crippen LogP contribution in [0.4, 0.5) is 0 Å². The fourth-order valence-electron chi connectivity index (χ4n) is 1.88. The zero-order chi connectivity index (χ0) is 15.4. The third-order valence-electron chi connectivity index (χ3n) is 3.11. The van der Waals surface area contributed by atoms with E-state index in [1.165, 1.54) is 0 Å². The summed E-state index contributed by atoms with van der Waals surface area (Å²) in [5.74, 6) is -0.170. The topological polar surface area (TPSA) is 58.4 Å². The number of aliphatic hydroxyl groups excluding tert-OH is 1. The standard InChI is InChI=1S/C15H18ClN3O2/c1-11(20)6-8-18(2)15(21)14-7-9-19(17-14)13-5-3-4-12(16)10-13/h3-5,7,9-11,20H,6,8H2,1-2H3. The number of amides is 1. The smallest absolute Gasteiger partial charge is 0.274 e. The number of aliphatic hydroxyl groups is 1. The molecule has 21 heavy (non-hydrogen) atoms. The predicted octanol–water partition coefficient (Wildman–Crippen LogP) is 2.37. The molecule has 0 fully saturated rings. The van der Waals surface area contributed by atoms with Gasteiger partial charge in [0.25, 0.3) is 5.91 Å². The number of nitrogens with zero attached hydrogens (tertiary/aromatic N) is 3. The summed E-state index contributed by atoms with van der Waals surface area (Å²) in [4.78, 5) is 13.8. The van der Waals surface area contributed by atoms with Crippen LogP contribution in [-0.4, -0.2) is 45.4 Å². The van der Waals surface area contributed by atoms with Crippen molar-refractivity contribution in [1.82, 2.24) is 14.7 Å². The number of carbonyl (C=O) groups excluding carboxylic acids is 1. The summed E-state index contributed by atoms with van der Waals surface area (Å²) in [5, 5.41) is 14.2. The Morgan fingerprint density at radius 1 is 1.48 bits per heavy atom. The first-order valence-electron chi connectivity index (χ1n) is 6.72. The van der Waals surface area contributed by atoms with E-state index >= 15 is 0 Å². The van der Waals surface area contributed by atoms with Gasteiger partial charge < -0.3 is 10.0 Å². The monoisotopic (exact) mass is 307 g/mol. The molecule has 0 aliphatic heterocycles. The molecule has 1 unspecified atom stereocenters. The molecule has 6 heteroatoms. The van der Waals surface area contributed by atoms with Crippen molar-refractivity contribution in [1.29, 1.82) is 0 Å². The molecule has 0 bridgehead atoms. The van der Waals surface area contributed by atoms with Gasteiger partial charge in [-0.2, -0.15) is 5.10 Å². The molecule has 0 saturated carbocycles. The van der Waals surface area contributed by atoms with Gasteiger partial charge in [-0.1, -0.05) is 17.7 Å². The Kier molecular flexibility index (Phi) is 4.98. The Morgan fingerprint density at radius 3 is 2.90 bits per heavy atom. The highest BCUT2D eigenvalue weighted by atomic mass is 35.5. The summed E-state index contributed by atoms with van der Waals surface area (Å²) in [6.07, 6.45) is 1.84. The van der Waals surface area contributed by atoms with E-state index in [1.54, 1.807) is 47.9 Å². The summed E-state index contributed by atoms with van der Waals surface area (Å²) in [6.45, 7) is 2.19. The molecule has 0 aliphatic rings. The number of benzene rings is 1. The van der Waals surface area contributed by atoms with E-state index in [4.69, 9.17) is 11.6 Å². The van der Waals surface area contributed by atoms with Crippen molar-refractivity contribution >= 4 is 17.5 Å². The highest BCUT2D eigenvalue weighted by molar-refractivity contribution is 6.30. The zero-order valence-electron chi connectivity index (χ0n) is 12.0. The zero-order valence-corrected chi connectivity index (χ0v) is 12.8. The Hall–Kier alpha value is -1.85. The summed E-state index contributed by atoms with van der Waals surface area (Å²) >= 11 is 5.95. The highest BCUT2D eigenvalue weighted by Crippen LogP contribution is 2.14. The molecule has 2 aromatic rings. The van der Waals surface area contributed by atoms with Crippen molar-refractivity contribution in [3.8, 4) is 5.69 Å². The van der Waals surface area contributed by atoms with Gasteiger partial charge in [-0.3, -0.25) is 4.79 Å².